The van der Waals surface area contributed by atoms with Gasteiger partial charge in [-0.15, -0.1) is 11.3 Å². The molecule has 1 aromatic heterocycles. The molecule has 1 aromatic rings. The number of aliphatic hydroxyl groups is 1. The summed E-state index contributed by atoms with van der Waals surface area (Å²) in [5.41, 5.74) is 1.16. The molecule has 3 nitrogen and oxygen atoms in total. The molecular formula is C12H20N2OS. The van der Waals surface area contributed by atoms with Gasteiger partial charge in [-0.25, -0.2) is 4.98 Å². The normalized spacial score (nSPS) is 22.6. The third kappa shape index (κ3) is 2.62. The lowest BCUT2D eigenvalue weighted by Crippen LogP contribution is -2.41. The molecule has 0 aromatic carbocycles. The van der Waals surface area contributed by atoms with Gasteiger partial charge in [-0.05, 0) is 33.2 Å². The fourth-order valence-electron chi connectivity index (χ4n) is 2.38. The molecule has 2 heterocycles. The lowest BCUT2D eigenvalue weighted by atomic mass is 10.0. The monoisotopic (exact) mass is 240 g/mol. The molecule has 0 bridgehead atoms. The van der Waals surface area contributed by atoms with Crippen molar-refractivity contribution in [2.45, 2.75) is 45.7 Å². The van der Waals surface area contributed by atoms with Crippen molar-refractivity contribution in [1.29, 1.82) is 0 Å². The highest BCUT2D eigenvalue weighted by atomic mass is 32.1. The molecule has 1 N–H and O–H groups in total. The lowest BCUT2D eigenvalue weighted by molar-refractivity contribution is 0.0848. The van der Waals surface area contributed by atoms with Gasteiger partial charge in [0.25, 0.3) is 0 Å². The highest BCUT2D eigenvalue weighted by Gasteiger charge is 2.22. The minimum absolute atomic E-state index is 0.289. The molecule has 1 saturated heterocycles. The first kappa shape index (κ1) is 12.0. The van der Waals surface area contributed by atoms with Crippen LogP contribution in [0.4, 0.5) is 0 Å². The molecule has 1 unspecified atom stereocenters. The molecule has 0 amide bonds. The standard InChI is InChI=1S/C12H20N2OS/c1-9-12(16-10(2)13-9)7-14-6-4-3-5-11(14)8-15/h11,15H,3-8H2,1-2H3. The Bertz CT molecular complexity index is 351. The number of aryl methyl sites for hydroxylation is 2. The second kappa shape index (κ2) is 5.25. The van der Waals surface area contributed by atoms with Gasteiger partial charge in [0.2, 0.25) is 0 Å². The number of aromatic nitrogens is 1. The molecule has 90 valence electrons. The minimum atomic E-state index is 0.289. The molecule has 1 atom stereocenters. The zero-order valence-corrected chi connectivity index (χ0v) is 10.9. The summed E-state index contributed by atoms with van der Waals surface area (Å²) < 4.78 is 0. The Morgan fingerprint density at radius 3 is 2.88 bits per heavy atom. The fourth-order valence-corrected chi connectivity index (χ4v) is 3.34. The van der Waals surface area contributed by atoms with E-state index in [-0.39, 0.29) is 6.61 Å². The highest BCUT2D eigenvalue weighted by Crippen LogP contribution is 2.24. The Labute approximate surface area is 101 Å². The first-order valence-corrected chi connectivity index (χ1v) is 6.80. The third-order valence-electron chi connectivity index (χ3n) is 3.31. The summed E-state index contributed by atoms with van der Waals surface area (Å²) in [6.07, 6.45) is 3.64. The van der Waals surface area contributed by atoms with Gasteiger partial charge >= 0.3 is 0 Å². The van der Waals surface area contributed by atoms with Crippen LogP contribution in [0.2, 0.25) is 0 Å². The lowest BCUT2D eigenvalue weighted by Gasteiger charge is -2.34. The van der Waals surface area contributed by atoms with Gasteiger partial charge in [0.15, 0.2) is 0 Å². The van der Waals surface area contributed by atoms with Crippen molar-refractivity contribution < 1.29 is 5.11 Å². The first-order chi connectivity index (χ1) is 7.70. The van der Waals surface area contributed by atoms with E-state index in [2.05, 4.69) is 23.7 Å². The predicted octanol–water partition coefficient (Wildman–Crippen LogP) is 2.11. The molecule has 0 spiro atoms. The van der Waals surface area contributed by atoms with E-state index >= 15 is 0 Å². The summed E-state index contributed by atoms with van der Waals surface area (Å²) in [7, 11) is 0. The topological polar surface area (TPSA) is 36.4 Å². The van der Waals surface area contributed by atoms with Crippen molar-refractivity contribution in [2.75, 3.05) is 13.2 Å². The first-order valence-electron chi connectivity index (χ1n) is 5.98. The largest absolute Gasteiger partial charge is 0.395 e. The Kier molecular flexibility index (Phi) is 3.95. The molecule has 1 aliphatic heterocycles. The van der Waals surface area contributed by atoms with Crippen LogP contribution in [0.5, 0.6) is 0 Å². The average molecular weight is 240 g/mol. The molecule has 16 heavy (non-hydrogen) atoms. The molecular weight excluding hydrogens is 220 g/mol. The van der Waals surface area contributed by atoms with E-state index in [0.717, 1.165) is 30.2 Å². The van der Waals surface area contributed by atoms with Crippen molar-refractivity contribution in [2.24, 2.45) is 0 Å². The summed E-state index contributed by atoms with van der Waals surface area (Å²) in [6, 6.07) is 0.357. The second-order valence-electron chi connectivity index (χ2n) is 4.54. The van der Waals surface area contributed by atoms with Crippen LogP contribution in [0, 0.1) is 13.8 Å². The zero-order valence-electron chi connectivity index (χ0n) is 10.1. The van der Waals surface area contributed by atoms with Gasteiger partial charge in [0.1, 0.15) is 0 Å². The number of aliphatic hydroxyl groups excluding tert-OH is 1. The fraction of sp³-hybridized carbons (Fsp3) is 0.750. The van der Waals surface area contributed by atoms with E-state index in [1.54, 1.807) is 11.3 Å². The molecule has 0 radical (unpaired) electrons. The van der Waals surface area contributed by atoms with Gasteiger partial charge in [-0.3, -0.25) is 4.90 Å². The Morgan fingerprint density at radius 2 is 2.25 bits per heavy atom. The van der Waals surface area contributed by atoms with Crippen LogP contribution in [0.15, 0.2) is 0 Å². The van der Waals surface area contributed by atoms with Crippen LogP contribution >= 0.6 is 11.3 Å². The van der Waals surface area contributed by atoms with Gasteiger partial charge < -0.3 is 5.11 Å². The van der Waals surface area contributed by atoms with Gasteiger partial charge in [0.05, 0.1) is 17.3 Å². The van der Waals surface area contributed by atoms with Crippen molar-refractivity contribution in [1.82, 2.24) is 9.88 Å². The van der Waals surface area contributed by atoms with Crippen molar-refractivity contribution in [3.05, 3.63) is 15.6 Å². The number of hydrogen-bond acceptors (Lipinski definition) is 4. The molecule has 1 aliphatic rings. The maximum Gasteiger partial charge on any atom is 0.0900 e. The molecule has 1 fully saturated rings. The van der Waals surface area contributed by atoms with E-state index in [0.29, 0.717) is 6.04 Å². The molecule has 2 rings (SSSR count). The predicted molar refractivity (Wildman–Crippen MR) is 66.7 cm³/mol. The van der Waals surface area contributed by atoms with E-state index in [1.807, 2.05) is 0 Å². The van der Waals surface area contributed by atoms with Crippen LogP contribution in [-0.2, 0) is 6.54 Å². The van der Waals surface area contributed by atoms with E-state index < -0.39 is 0 Å². The molecule has 0 saturated carbocycles. The minimum Gasteiger partial charge on any atom is -0.395 e. The third-order valence-corrected chi connectivity index (χ3v) is 4.36. The van der Waals surface area contributed by atoms with Crippen molar-refractivity contribution >= 4 is 11.3 Å². The van der Waals surface area contributed by atoms with Crippen LogP contribution < -0.4 is 0 Å². The maximum atomic E-state index is 9.36. The average Bonchev–Trinajstić information content (AvgIpc) is 2.58. The number of likely N-dealkylation sites (tertiary alicyclic amines) is 1. The zero-order chi connectivity index (χ0) is 11.5. The smallest absolute Gasteiger partial charge is 0.0900 e. The van der Waals surface area contributed by atoms with Gasteiger partial charge in [-0.2, -0.15) is 0 Å². The van der Waals surface area contributed by atoms with Crippen molar-refractivity contribution in [3.8, 4) is 0 Å². The Hall–Kier alpha value is -0.450. The summed E-state index contributed by atoms with van der Waals surface area (Å²) in [4.78, 5) is 8.22. The van der Waals surface area contributed by atoms with Gasteiger partial charge in [0, 0.05) is 17.5 Å². The number of hydrogen-bond donors (Lipinski definition) is 1. The molecule has 0 aliphatic carbocycles. The van der Waals surface area contributed by atoms with E-state index in [9.17, 15) is 5.11 Å². The number of piperidine rings is 1. The Balaban J connectivity index is 2.04. The maximum absolute atomic E-state index is 9.36. The highest BCUT2D eigenvalue weighted by molar-refractivity contribution is 7.11. The number of rotatable bonds is 3. The summed E-state index contributed by atoms with van der Waals surface area (Å²) >= 11 is 1.79. The number of thiazole rings is 1. The number of nitrogens with zero attached hydrogens (tertiary/aromatic N) is 2. The SMILES string of the molecule is Cc1nc(C)c(CN2CCCCC2CO)s1. The van der Waals surface area contributed by atoms with E-state index in [4.69, 9.17) is 0 Å². The van der Waals surface area contributed by atoms with E-state index in [1.165, 1.54) is 17.7 Å². The summed E-state index contributed by atoms with van der Waals surface area (Å²) in [6.45, 7) is 6.50. The van der Waals surface area contributed by atoms with Gasteiger partial charge in [-0.1, -0.05) is 6.42 Å². The second-order valence-corrected chi connectivity index (χ2v) is 5.83. The molecule has 4 heteroatoms. The summed E-state index contributed by atoms with van der Waals surface area (Å²) in [5, 5.41) is 10.5. The quantitative estimate of drug-likeness (QED) is 0.879. The van der Waals surface area contributed by atoms with Crippen LogP contribution in [0.1, 0.15) is 34.8 Å². The van der Waals surface area contributed by atoms with Crippen LogP contribution in [0.25, 0.3) is 0 Å². The van der Waals surface area contributed by atoms with Crippen LogP contribution in [0.3, 0.4) is 0 Å². The Morgan fingerprint density at radius 1 is 1.44 bits per heavy atom. The van der Waals surface area contributed by atoms with Crippen LogP contribution in [-0.4, -0.2) is 34.2 Å². The van der Waals surface area contributed by atoms with Crippen molar-refractivity contribution in [3.63, 3.8) is 0 Å². The summed E-state index contributed by atoms with van der Waals surface area (Å²) in [5.74, 6) is 0.